The van der Waals surface area contributed by atoms with Gasteiger partial charge in [-0.2, -0.15) is 0 Å². The molecule has 0 aromatic heterocycles. The molecule has 1 N–H and O–H groups in total. The molecule has 2 saturated carbocycles. The maximum atomic E-state index is 3.76. The van der Waals surface area contributed by atoms with Gasteiger partial charge in [-0.05, 0) is 61.9 Å². The van der Waals surface area contributed by atoms with Gasteiger partial charge in [0.1, 0.15) is 0 Å². The minimum atomic E-state index is 0.787. The van der Waals surface area contributed by atoms with E-state index >= 15 is 0 Å². The molecule has 0 spiro atoms. The van der Waals surface area contributed by atoms with Crippen molar-refractivity contribution in [3.05, 3.63) is 0 Å². The lowest BCUT2D eigenvalue weighted by Gasteiger charge is -2.38. The van der Waals surface area contributed by atoms with E-state index in [1.807, 2.05) is 0 Å². The summed E-state index contributed by atoms with van der Waals surface area (Å²) in [6.07, 6.45) is 15.0. The third-order valence-corrected chi connectivity index (χ3v) is 6.02. The Morgan fingerprint density at radius 1 is 0.952 bits per heavy atom. The summed E-state index contributed by atoms with van der Waals surface area (Å²) >= 11 is 0. The molecule has 0 aromatic rings. The molecule has 2 rings (SSSR count). The predicted octanol–water partition coefficient (Wildman–Crippen LogP) is 5.64. The molecule has 124 valence electrons. The van der Waals surface area contributed by atoms with E-state index in [0.29, 0.717) is 0 Å². The SMILES string of the molecule is CCCC1CCC(CNCC(C)C)C(CC2CCCC2)C1. The van der Waals surface area contributed by atoms with Crippen LogP contribution in [0.3, 0.4) is 0 Å². The van der Waals surface area contributed by atoms with Crippen LogP contribution in [-0.4, -0.2) is 13.1 Å². The highest BCUT2D eigenvalue weighted by Gasteiger charge is 2.32. The van der Waals surface area contributed by atoms with Gasteiger partial charge in [-0.15, -0.1) is 0 Å². The van der Waals surface area contributed by atoms with Gasteiger partial charge in [0.05, 0.1) is 0 Å². The lowest BCUT2D eigenvalue weighted by atomic mass is 9.69. The van der Waals surface area contributed by atoms with Crippen molar-refractivity contribution >= 4 is 0 Å². The van der Waals surface area contributed by atoms with Crippen LogP contribution < -0.4 is 5.32 Å². The molecule has 0 bridgehead atoms. The zero-order valence-electron chi connectivity index (χ0n) is 14.9. The van der Waals surface area contributed by atoms with Crippen LogP contribution in [0.15, 0.2) is 0 Å². The fourth-order valence-corrected chi connectivity index (χ4v) is 4.88. The van der Waals surface area contributed by atoms with Gasteiger partial charge in [0, 0.05) is 0 Å². The molecule has 0 aromatic carbocycles. The first kappa shape index (κ1) is 17.3. The van der Waals surface area contributed by atoms with Crippen LogP contribution in [0.2, 0.25) is 0 Å². The molecule has 0 amide bonds. The van der Waals surface area contributed by atoms with E-state index < -0.39 is 0 Å². The Morgan fingerprint density at radius 2 is 1.71 bits per heavy atom. The Kier molecular flexibility index (Phi) is 7.57. The summed E-state index contributed by atoms with van der Waals surface area (Å²) in [5.41, 5.74) is 0. The van der Waals surface area contributed by atoms with Gasteiger partial charge >= 0.3 is 0 Å². The first-order chi connectivity index (χ1) is 10.2. The Hall–Kier alpha value is -0.0400. The van der Waals surface area contributed by atoms with E-state index in [0.717, 1.165) is 29.6 Å². The van der Waals surface area contributed by atoms with Gasteiger partial charge < -0.3 is 5.32 Å². The van der Waals surface area contributed by atoms with Crippen LogP contribution in [0.25, 0.3) is 0 Å². The second-order valence-electron chi connectivity index (χ2n) is 8.43. The van der Waals surface area contributed by atoms with Crippen LogP contribution in [0.5, 0.6) is 0 Å². The van der Waals surface area contributed by atoms with Crippen molar-refractivity contribution in [3.8, 4) is 0 Å². The molecule has 2 fully saturated rings. The van der Waals surface area contributed by atoms with Crippen molar-refractivity contribution < 1.29 is 0 Å². The fraction of sp³-hybridized carbons (Fsp3) is 1.00. The summed E-state index contributed by atoms with van der Waals surface area (Å²) in [5.74, 6) is 4.90. The molecule has 1 heteroatoms. The van der Waals surface area contributed by atoms with Crippen molar-refractivity contribution in [2.75, 3.05) is 13.1 Å². The first-order valence-corrected chi connectivity index (χ1v) is 9.89. The van der Waals surface area contributed by atoms with Gasteiger partial charge in [-0.25, -0.2) is 0 Å². The Bertz CT molecular complexity index is 267. The zero-order chi connectivity index (χ0) is 15.1. The summed E-state index contributed by atoms with van der Waals surface area (Å²) in [6.45, 7) is 9.49. The van der Waals surface area contributed by atoms with Crippen LogP contribution in [-0.2, 0) is 0 Å². The summed E-state index contributed by atoms with van der Waals surface area (Å²) in [5, 5.41) is 3.76. The topological polar surface area (TPSA) is 12.0 Å². The van der Waals surface area contributed by atoms with Crippen LogP contribution in [0, 0.1) is 29.6 Å². The fourth-order valence-electron chi connectivity index (χ4n) is 4.88. The molecule has 2 aliphatic rings. The lowest BCUT2D eigenvalue weighted by Crippen LogP contribution is -2.35. The highest BCUT2D eigenvalue weighted by molar-refractivity contribution is 4.84. The molecular weight excluding hydrogens is 254 g/mol. The molecular formula is C20H39N. The van der Waals surface area contributed by atoms with E-state index in [-0.39, 0.29) is 0 Å². The Labute approximate surface area is 133 Å². The molecule has 0 heterocycles. The van der Waals surface area contributed by atoms with E-state index in [9.17, 15) is 0 Å². The maximum Gasteiger partial charge on any atom is -0.00178 e. The van der Waals surface area contributed by atoms with Crippen LogP contribution in [0.4, 0.5) is 0 Å². The summed E-state index contributed by atoms with van der Waals surface area (Å²) in [4.78, 5) is 0. The molecule has 21 heavy (non-hydrogen) atoms. The first-order valence-electron chi connectivity index (χ1n) is 9.89. The largest absolute Gasteiger partial charge is 0.316 e. The van der Waals surface area contributed by atoms with E-state index in [1.54, 1.807) is 12.8 Å². The second-order valence-corrected chi connectivity index (χ2v) is 8.43. The van der Waals surface area contributed by atoms with Gasteiger partial charge in [-0.3, -0.25) is 0 Å². The summed E-state index contributed by atoms with van der Waals surface area (Å²) < 4.78 is 0. The van der Waals surface area contributed by atoms with Crippen molar-refractivity contribution in [2.24, 2.45) is 29.6 Å². The van der Waals surface area contributed by atoms with Crippen LogP contribution in [0.1, 0.15) is 85.0 Å². The standard InChI is InChI=1S/C20H39N/c1-4-7-17-10-11-19(15-21-14-16(2)3)20(12-17)13-18-8-5-6-9-18/h16-21H,4-15H2,1-3H3. The number of hydrogen-bond donors (Lipinski definition) is 1. The Morgan fingerprint density at radius 3 is 2.38 bits per heavy atom. The average molecular weight is 294 g/mol. The van der Waals surface area contributed by atoms with E-state index in [2.05, 4.69) is 26.1 Å². The minimum Gasteiger partial charge on any atom is -0.316 e. The van der Waals surface area contributed by atoms with Crippen LogP contribution >= 0.6 is 0 Å². The van der Waals surface area contributed by atoms with Crippen molar-refractivity contribution in [1.82, 2.24) is 5.32 Å². The number of rotatable bonds is 8. The normalized spacial score (nSPS) is 31.1. The Balaban J connectivity index is 1.83. The predicted molar refractivity (Wildman–Crippen MR) is 93.5 cm³/mol. The molecule has 0 saturated heterocycles. The second kappa shape index (κ2) is 9.18. The average Bonchev–Trinajstić information content (AvgIpc) is 2.94. The van der Waals surface area contributed by atoms with Crippen molar-refractivity contribution in [1.29, 1.82) is 0 Å². The third kappa shape index (κ3) is 5.93. The highest BCUT2D eigenvalue weighted by atomic mass is 14.9. The highest BCUT2D eigenvalue weighted by Crippen LogP contribution is 2.42. The van der Waals surface area contributed by atoms with Gasteiger partial charge in [0.2, 0.25) is 0 Å². The molecule has 3 atom stereocenters. The molecule has 1 nitrogen and oxygen atoms in total. The monoisotopic (exact) mass is 293 g/mol. The smallest absolute Gasteiger partial charge is 0.00178 e. The zero-order valence-corrected chi connectivity index (χ0v) is 14.9. The van der Waals surface area contributed by atoms with Gasteiger partial charge in [-0.1, -0.05) is 65.7 Å². The summed E-state index contributed by atoms with van der Waals surface area (Å²) in [6, 6.07) is 0. The van der Waals surface area contributed by atoms with E-state index in [1.165, 1.54) is 64.5 Å². The number of hydrogen-bond acceptors (Lipinski definition) is 1. The molecule has 2 aliphatic carbocycles. The molecule has 0 aliphatic heterocycles. The molecule has 3 unspecified atom stereocenters. The molecule has 0 radical (unpaired) electrons. The van der Waals surface area contributed by atoms with Crippen molar-refractivity contribution in [2.45, 2.75) is 85.0 Å². The van der Waals surface area contributed by atoms with Gasteiger partial charge in [0.25, 0.3) is 0 Å². The summed E-state index contributed by atoms with van der Waals surface area (Å²) in [7, 11) is 0. The van der Waals surface area contributed by atoms with E-state index in [4.69, 9.17) is 0 Å². The quantitative estimate of drug-likeness (QED) is 0.610. The third-order valence-electron chi connectivity index (χ3n) is 6.02. The lowest BCUT2D eigenvalue weighted by molar-refractivity contribution is 0.141. The number of nitrogens with one attached hydrogen (secondary N) is 1. The van der Waals surface area contributed by atoms with Gasteiger partial charge in [0.15, 0.2) is 0 Å². The minimum absolute atomic E-state index is 0.787. The maximum absolute atomic E-state index is 3.76. The van der Waals surface area contributed by atoms with Crippen molar-refractivity contribution in [3.63, 3.8) is 0 Å².